The minimum Gasteiger partial charge on any atom is -0.408 e. The number of benzene rings is 2. The lowest BCUT2D eigenvalue weighted by Gasteiger charge is -2.06. The Kier molecular flexibility index (Phi) is 4.02. The second-order valence-corrected chi connectivity index (χ2v) is 5.60. The smallest absolute Gasteiger partial charge is 0.408 e. The molecule has 9 nitrogen and oxygen atoms in total. The zero-order valence-corrected chi connectivity index (χ0v) is 13.5. The number of carbonyl (C=O) groups is 1. The van der Waals surface area contributed by atoms with E-state index in [-0.39, 0.29) is 18.9 Å². The number of fused-ring (bicyclic) bond motifs is 1. The van der Waals surface area contributed by atoms with Gasteiger partial charge in [0.1, 0.15) is 0 Å². The van der Waals surface area contributed by atoms with E-state index in [2.05, 4.69) is 25.9 Å². The molecule has 2 aromatic heterocycles. The van der Waals surface area contributed by atoms with E-state index in [0.717, 1.165) is 5.56 Å². The highest BCUT2D eigenvalue weighted by Crippen LogP contribution is 2.17. The third-order valence-electron chi connectivity index (χ3n) is 3.91. The van der Waals surface area contributed by atoms with E-state index >= 15 is 0 Å². The molecule has 26 heavy (non-hydrogen) atoms. The highest BCUT2D eigenvalue weighted by Gasteiger charge is 2.11. The number of rotatable bonds is 5. The van der Waals surface area contributed by atoms with E-state index in [4.69, 9.17) is 4.42 Å². The molecule has 0 aliphatic carbocycles. The summed E-state index contributed by atoms with van der Waals surface area (Å²) in [6, 6.07) is 14.2. The van der Waals surface area contributed by atoms with E-state index in [1.165, 1.54) is 4.57 Å². The Balaban J connectivity index is 1.41. The number of oxazole rings is 1. The summed E-state index contributed by atoms with van der Waals surface area (Å²) in [5.74, 6) is -0.188. The van der Waals surface area contributed by atoms with Gasteiger partial charge in [-0.2, -0.15) is 5.21 Å². The summed E-state index contributed by atoms with van der Waals surface area (Å²) < 4.78 is 6.61. The Morgan fingerprint density at radius 2 is 1.96 bits per heavy atom. The average molecular weight is 350 g/mol. The maximum Gasteiger partial charge on any atom is 0.419 e. The molecule has 0 aliphatic rings. The van der Waals surface area contributed by atoms with E-state index in [9.17, 15) is 9.59 Å². The van der Waals surface area contributed by atoms with Gasteiger partial charge >= 0.3 is 5.76 Å². The number of hydrogen-bond donors (Lipinski definition) is 2. The van der Waals surface area contributed by atoms with Gasteiger partial charge in [-0.1, -0.05) is 12.1 Å². The molecular formula is C17H14N6O3. The number of aryl methyl sites for hydroxylation is 1. The molecule has 130 valence electrons. The van der Waals surface area contributed by atoms with Crippen molar-refractivity contribution in [1.82, 2.24) is 25.2 Å². The van der Waals surface area contributed by atoms with Gasteiger partial charge in [0.2, 0.25) is 11.7 Å². The first-order chi connectivity index (χ1) is 12.7. The molecule has 0 atom stereocenters. The fourth-order valence-electron chi connectivity index (χ4n) is 2.65. The second-order valence-electron chi connectivity index (χ2n) is 5.60. The molecule has 4 rings (SSSR count). The number of anilines is 1. The molecule has 2 N–H and O–H groups in total. The molecule has 2 heterocycles. The number of nitrogens with one attached hydrogen (secondary N) is 2. The molecule has 0 saturated heterocycles. The van der Waals surface area contributed by atoms with Crippen LogP contribution in [0.1, 0.15) is 6.42 Å². The van der Waals surface area contributed by atoms with Crippen LogP contribution < -0.4 is 11.1 Å². The number of amides is 1. The lowest BCUT2D eigenvalue weighted by Crippen LogP contribution is -2.19. The minimum absolute atomic E-state index is 0.149. The van der Waals surface area contributed by atoms with Gasteiger partial charge in [0.05, 0.1) is 5.52 Å². The Labute approximate surface area is 146 Å². The number of nitrogens with zero attached hydrogens (tertiary/aromatic N) is 4. The Bertz CT molecular complexity index is 1100. The molecule has 0 fully saturated rings. The molecular weight excluding hydrogens is 336 g/mol. The van der Waals surface area contributed by atoms with Crippen LogP contribution in [0.2, 0.25) is 0 Å². The van der Waals surface area contributed by atoms with Crippen LogP contribution in [-0.4, -0.2) is 31.1 Å². The van der Waals surface area contributed by atoms with Crippen molar-refractivity contribution in [3.63, 3.8) is 0 Å². The standard InChI is InChI=1S/C17H14N6O3/c24-15(9-10-23-13-3-1-2-4-14(13)26-17(23)25)18-12-7-5-11(6-8-12)16-19-21-22-20-16/h1-8H,9-10H2,(H,18,24)(H,19,20,21,22). The first-order valence-corrected chi connectivity index (χ1v) is 7.93. The van der Waals surface area contributed by atoms with E-state index in [1.807, 2.05) is 6.07 Å². The number of hydrogen-bond acceptors (Lipinski definition) is 6. The van der Waals surface area contributed by atoms with Crippen molar-refractivity contribution in [1.29, 1.82) is 0 Å². The summed E-state index contributed by atoms with van der Waals surface area (Å²) in [6.45, 7) is 0.239. The van der Waals surface area contributed by atoms with Crippen molar-refractivity contribution in [2.45, 2.75) is 13.0 Å². The third-order valence-corrected chi connectivity index (χ3v) is 3.91. The lowest BCUT2D eigenvalue weighted by atomic mass is 10.2. The summed E-state index contributed by atoms with van der Waals surface area (Å²) >= 11 is 0. The fourth-order valence-corrected chi connectivity index (χ4v) is 2.65. The number of H-pyrrole nitrogens is 1. The molecule has 0 unspecified atom stereocenters. The van der Waals surface area contributed by atoms with Crippen LogP contribution in [0, 0.1) is 0 Å². The maximum absolute atomic E-state index is 12.2. The minimum atomic E-state index is -0.469. The van der Waals surface area contributed by atoms with Gasteiger partial charge in [-0.3, -0.25) is 9.36 Å². The molecule has 0 bridgehead atoms. The number of aromatic amines is 1. The van der Waals surface area contributed by atoms with E-state index in [1.54, 1.807) is 42.5 Å². The van der Waals surface area contributed by atoms with Gasteiger partial charge in [-0.25, -0.2) is 4.79 Å². The normalized spacial score (nSPS) is 10.9. The molecule has 0 spiro atoms. The monoisotopic (exact) mass is 350 g/mol. The van der Waals surface area contributed by atoms with Crippen LogP contribution in [0.5, 0.6) is 0 Å². The fraction of sp³-hybridized carbons (Fsp3) is 0.118. The van der Waals surface area contributed by atoms with Crippen LogP contribution in [0.15, 0.2) is 57.7 Å². The van der Waals surface area contributed by atoms with Crippen LogP contribution >= 0.6 is 0 Å². The Morgan fingerprint density at radius 1 is 1.15 bits per heavy atom. The largest absolute Gasteiger partial charge is 0.419 e. The van der Waals surface area contributed by atoms with Crippen LogP contribution in [0.3, 0.4) is 0 Å². The predicted octanol–water partition coefficient (Wildman–Crippen LogP) is 1.80. The predicted molar refractivity (Wildman–Crippen MR) is 93.3 cm³/mol. The van der Waals surface area contributed by atoms with Crippen molar-refractivity contribution in [2.24, 2.45) is 0 Å². The average Bonchev–Trinajstić information content (AvgIpc) is 3.28. The van der Waals surface area contributed by atoms with Crippen molar-refractivity contribution in [3.8, 4) is 11.4 Å². The van der Waals surface area contributed by atoms with Crippen LogP contribution in [0.25, 0.3) is 22.5 Å². The number of tetrazole rings is 1. The summed E-state index contributed by atoms with van der Waals surface area (Å²) in [5, 5.41) is 16.5. The summed E-state index contributed by atoms with van der Waals surface area (Å²) in [5.41, 5.74) is 2.62. The third kappa shape index (κ3) is 3.09. The number of para-hydroxylation sites is 2. The number of aromatic nitrogens is 5. The van der Waals surface area contributed by atoms with Crippen molar-refractivity contribution >= 4 is 22.7 Å². The van der Waals surface area contributed by atoms with Crippen molar-refractivity contribution < 1.29 is 9.21 Å². The van der Waals surface area contributed by atoms with Gasteiger partial charge in [-0.05, 0) is 41.6 Å². The molecule has 2 aromatic carbocycles. The second kappa shape index (κ2) is 6.63. The van der Waals surface area contributed by atoms with E-state index < -0.39 is 5.76 Å². The Hall–Kier alpha value is -3.75. The van der Waals surface area contributed by atoms with Gasteiger partial charge < -0.3 is 9.73 Å². The zero-order valence-electron chi connectivity index (χ0n) is 13.5. The molecule has 0 radical (unpaired) electrons. The Morgan fingerprint density at radius 3 is 2.73 bits per heavy atom. The highest BCUT2D eigenvalue weighted by molar-refractivity contribution is 5.91. The lowest BCUT2D eigenvalue weighted by molar-refractivity contribution is -0.116. The summed E-state index contributed by atoms with van der Waals surface area (Å²) in [6.07, 6.45) is 0.149. The molecule has 4 aromatic rings. The first kappa shape index (κ1) is 15.8. The molecule has 0 aliphatic heterocycles. The number of carbonyl (C=O) groups excluding carboxylic acids is 1. The van der Waals surface area contributed by atoms with Gasteiger partial charge in [0.25, 0.3) is 0 Å². The molecule has 0 saturated carbocycles. The summed E-state index contributed by atoms with van der Waals surface area (Å²) in [7, 11) is 0. The summed E-state index contributed by atoms with van der Waals surface area (Å²) in [4.78, 5) is 24.1. The van der Waals surface area contributed by atoms with Crippen LogP contribution in [0.4, 0.5) is 5.69 Å². The van der Waals surface area contributed by atoms with Gasteiger partial charge in [0, 0.05) is 24.2 Å². The first-order valence-electron chi connectivity index (χ1n) is 7.93. The van der Waals surface area contributed by atoms with Crippen LogP contribution in [-0.2, 0) is 11.3 Å². The topological polar surface area (TPSA) is 119 Å². The zero-order chi connectivity index (χ0) is 17.9. The van der Waals surface area contributed by atoms with Gasteiger partial charge in [-0.15, -0.1) is 10.2 Å². The quantitative estimate of drug-likeness (QED) is 0.566. The maximum atomic E-state index is 12.2. The van der Waals surface area contributed by atoms with Gasteiger partial charge in [0.15, 0.2) is 5.58 Å². The van der Waals surface area contributed by atoms with Crippen molar-refractivity contribution in [2.75, 3.05) is 5.32 Å². The molecule has 9 heteroatoms. The van der Waals surface area contributed by atoms with Crippen molar-refractivity contribution in [3.05, 3.63) is 59.1 Å². The highest BCUT2D eigenvalue weighted by atomic mass is 16.4. The molecule has 1 amide bonds. The SMILES string of the molecule is O=C(CCn1c(=O)oc2ccccc21)Nc1ccc(-c2nn[nH]n2)cc1. The van der Waals surface area contributed by atoms with E-state index in [0.29, 0.717) is 22.6 Å².